The Morgan fingerprint density at radius 3 is 2.53 bits per heavy atom. The van der Waals surface area contributed by atoms with Crippen molar-refractivity contribution in [1.29, 1.82) is 0 Å². The van der Waals surface area contributed by atoms with E-state index in [1.165, 1.54) is 0 Å². The summed E-state index contributed by atoms with van der Waals surface area (Å²) in [6, 6.07) is 7.48. The number of hydrogen-bond donors (Lipinski definition) is 2. The van der Waals surface area contributed by atoms with Crippen molar-refractivity contribution in [3.05, 3.63) is 24.3 Å². The fraction of sp³-hybridized carbons (Fsp3) is 0.231. The fourth-order valence-corrected chi connectivity index (χ4v) is 2.46. The summed E-state index contributed by atoms with van der Waals surface area (Å²) >= 11 is 0. The van der Waals surface area contributed by atoms with Crippen molar-refractivity contribution in [2.24, 2.45) is 0 Å². The molecule has 1 aliphatic heterocycles. The molecule has 3 aromatic rings. The lowest BCUT2D eigenvalue weighted by molar-refractivity contribution is -0.0273. The van der Waals surface area contributed by atoms with Crippen LogP contribution in [0.5, 0.6) is 11.5 Å². The van der Waals surface area contributed by atoms with Crippen LogP contribution in [-0.2, 0) is 4.74 Å². The van der Waals surface area contributed by atoms with Crippen LogP contribution in [0.1, 0.15) is 6.04 Å². The van der Waals surface area contributed by atoms with Crippen LogP contribution in [0, 0.1) is 0 Å². The number of aromatic hydroxyl groups is 2. The maximum atomic E-state index is 10.0. The highest BCUT2D eigenvalue weighted by Gasteiger charge is 2.26. The summed E-state index contributed by atoms with van der Waals surface area (Å²) in [7, 11) is 0. The number of fused-ring (bicyclic) bond motifs is 3. The molecule has 0 radical (unpaired) electrons. The third-order valence-electron chi connectivity index (χ3n) is 3.55. The largest absolute Gasteiger partial charge is 0.504 e. The van der Waals surface area contributed by atoms with E-state index < -0.39 is 0 Å². The molecule has 2 heterocycles. The molecule has 0 amide bonds. The van der Waals surface area contributed by atoms with Gasteiger partial charge in [0, 0.05) is 10.8 Å². The molecule has 1 fully saturated rings. The second-order valence-electron chi connectivity index (χ2n) is 4.67. The Bertz CT molecular complexity index is 793. The number of phenolic OH excluding ortho intramolecular Hbond substituents is 2. The van der Waals surface area contributed by atoms with Crippen LogP contribution in [0.4, 0.5) is 0 Å². The molecule has 0 atom stereocenters. The van der Waals surface area contributed by atoms with E-state index in [9.17, 15) is 10.2 Å². The van der Waals surface area contributed by atoms with Crippen molar-refractivity contribution in [1.82, 2.24) is 15.0 Å². The Balaban J connectivity index is 2.18. The predicted octanol–water partition coefficient (Wildman–Crippen LogP) is 1.57. The van der Waals surface area contributed by atoms with Crippen molar-refractivity contribution >= 4 is 21.8 Å². The molecule has 4 rings (SSSR count). The van der Waals surface area contributed by atoms with Crippen LogP contribution in [0.2, 0.25) is 0 Å². The maximum Gasteiger partial charge on any atom is 0.188 e. The molecule has 1 aromatic heterocycles. The summed E-state index contributed by atoms with van der Waals surface area (Å²) in [4.78, 5) is 0. The first kappa shape index (κ1) is 10.6. The molecule has 0 saturated carbocycles. The molecule has 0 spiro atoms. The molecule has 96 valence electrons. The van der Waals surface area contributed by atoms with Gasteiger partial charge in [0.15, 0.2) is 17.0 Å². The summed E-state index contributed by atoms with van der Waals surface area (Å²) in [5.74, 6) is -0.375. The minimum absolute atomic E-state index is 0.136. The van der Waals surface area contributed by atoms with E-state index in [2.05, 4.69) is 10.3 Å². The van der Waals surface area contributed by atoms with Gasteiger partial charge in [0.1, 0.15) is 11.6 Å². The van der Waals surface area contributed by atoms with E-state index in [-0.39, 0.29) is 17.5 Å². The van der Waals surface area contributed by atoms with E-state index in [1.54, 1.807) is 10.7 Å². The maximum absolute atomic E-state index is 10.0. The van der Waals surface area contributed by atoms with Crippen LogP contribution in [-0.4, -0.2) is 38.4 Å². The molecule has 6 heteroatoms. The first-order chi connectivity index (χ1) is 9.27. The van der Waals surface area contributed by atoms with Crippen molar-refractivity contribution < 1.29 is 14.9 Å². The topological polar surface area (TPSA) is 80.4 Å². The molecule has 6 nitrogen and oxygen atoms in total. The minimum atomic E-state index is -0.222. The van der Waals surface area contributed by atoms with Gasteiger partial charge in [-0.3, -0.25) is 0 Å². The first-order valence-corrected chi connectivity index (χ1v) is 6.02. The minimum Gasteiger partial charge on any atom is -0.504 e. The van der Waals surface area contributed by atoms with Crippen LogP contribution >= 0.6 is 0 Å². The Hall–Kier alpha value is -2.34. The van der Waals surface area contributed by atoms with Crippen LogP contribution in [0.25, 0.3) is 21.8 Å². The summed E-state index contributed by atoms with van der Waals surface area (Å²) in [5.41, 5.74) is 1.06. The molecule has 1 saturated heterocycles. The highest BCUT2D eigenvalue weighted by molar-refractivity contribution is 6.10. The number of nitrogens with zero attached hydrogens (tertiary/aromatic N) is 3. The molecule has 0 bridgehead atoms. The second-order valence-corrected chi connectivity index (χ2v) is 4.67. The standard InChI is InChI=1S/C13H11N3O3/c17-12-9-4-2-1-3-8(9)11-10(13(12)18)14-15-16(11)7-5-19-6-7/h1-4,7,17-18H,5-6H2. The molecule has 2 N–H and O–H groups in total. The van der Waals surface area contributed by atoms with Gasteiger partial charge >= 0.3 is 0 Å². The summed E-state index contributed by atoms with van der Waals surface area (Å²) in [5, 5.41) is 29.6. The average molecular weight is 257 g/mol. The summed E-state index contributed by atoms with van der Waals surface area (Å²) < 4.78 is 6.94. The van der Waals surface area contributed by atoms with Gasteiger partial charge in [-0.25, -0.2) is 4.68 Å². The monoisotopic (exact) mass is 257 g/mol. The zero-order valence-corrected chi connectivity index (χ0v) is 9.95. The lowest BCUT2D eigenvalue weighted by Gasteiger charge is -2.26. The van der Waals surface area contributed by atoms with Crippen LogP contribution in [0.3, 0.4) is 0 Å². The number of ether oxygens (including phenoxy) is 1. The normalized spacial score (nSPS) is 16.0. The lowest BCUT2D eigenvalue weighted by Crippen LogP contribution is -2.31. The van der Waals surface area contributed by atoms with Crippen molar-refractivity contribution in [2.75, 3.05) is 13.2 Å². The van der Waals surface area contributed by atoms with Gasteiger partial charge in [-0.15, -0.1) is 5.10 Å². The van der Waals surface area contributed by atoms with Crippen molar-refractivity contribution in [3.8, 4) is 11.5 Å². The van der Waals surface area contributed by atoms with Gasteiger partial charge in [-0.1, -0.05) is 29.5 Å². The Morgan fingerprint density at radius 1 is 1.11 bits per heavy atom. The number of phenols is 2. The van der Waals surface area contributed by atoms with Gasteiger partial charge in [-0.05, 0) is 0 Å². The average Bonchev–Trinajstić information content (AvgIpc) is 2.79. The summed E-state index contributed by atoms with van der Waals surface area (Å²) in [6.07, 6.45) is 0. The van der Waals surface area contributed by atoms with E-state index in [0.29, 0.717) is 24.1 Å². The zero-order valence-electron chi connectivity index (χ0n) is 9.95. The van der Waals surface area contributed by atoms with Gasteiger partial charge in [-0.2, -0.15) is 0 Å². The fourth-order valence-electron chi connectivity index (χ4n) is 2.46. The number of aromatic nitrogens is 3. The molecular formula is C13H11N3O3. The first-order valence-electron chi connectivity index (χ1n) is 6.02. The van der Waals surface area contributed by atoms with E-state index in [4.69, 9.17) is 4.74 Å². The molecule has 2 aromatic carbocycles. The van der Waals surface area contributed by atoms with Gasteiger partial charge in [0.05, 0.1) is 13.2 Å². The van der Waals surface area contributed by atoms with Crippen molar-refractivity contribution in [3.63, 3.8) is 0 Å². The number of hydrogen-bond acceptors (Lipinski definition) is 5. The zero-order chi connectivity index (χ0) is 13.0. The summed E-state index contributed by atoms with van der Waals surface area (Å²) in [6.45, 7) is 1.18. The van der Waals surface area contributed by atoms with Crippen LogP contribution in [0.15, 0.2) is 24.3 Å². The Morgan fingerprint density at radius 2 is 1.84 bits per heavy atom. The quantitative estimate of drug-likeness (QED) is 0.647. The third-order valence-corrected chi connectivity index (χ3v) is 3.55. The highest BCUT2D eigenvalue weighted by atomic mass is 16.5. The molecule has 0 unspecified atom stereocenters. The molecular weight excluding hydrogens is 246 g/mol. The highest BCUT2D eigenvalue weighted by Crippen LogP contribution is 2.41. The Kier molecular flexibility index (Phi) is 1.99. The lowest BCUT2D eigenvalue weighted by atomic mass is 10.1. The predicted molar refractivity (Wildman–Crippen MR) is 68.2 cm³/mol. The third kappa shape index (κ3) is 1.29. The van der Waals surface area contributed by atoms with E-state index in [1.807, 2.05) is 18.2 Å². The molecule has 0 aliphatic carbocycles. The van der Waals surface area contributed by atoms with Gasteiger partial charge in [0.2, 0.25) is 0 Å². The Labute approximate surface area is 107 Å². The van der Waals surface area contributed by atoms with Gasteiger partial charge < -0.3 is 14.9 Å². The molecule has 1 aliphatic rings. The molecule has 19 heavy (non-hydrogen) atoms. The number of rotatable bonds is 1. The van der Waals surface area contributed by atoms with Crippen molar-refractivity contribution in [2.45, 2.75) is 6.04 Å². The number of benzene rings is 2. The van der Waals surface area contributed by atoms with Crippen LogP contribution < -0.4 is 0 Å². The smallest absolute Gasteiger partial charge is 0.188 e. The van der Waals surface area contributed by atoms with E-state index >= 15 is 0 Å². The second kappa shape index (κ2) is 3.58. The van der Waals surface area contributed by atoms with E-state index in [0.717, 1.165) is 10.9 Å². The SMILES string of the molecule is Oc1c(O)c2nnn(C3COC3)c2c2ccccc12. The van der Waals surface area contributed by atoms with Gasteiger partial charge in [0.25, 0.3) is 0 Å².